The first kappa shape index (κ1) is 20.9. The van der Waals surface area contributed by atoms with Crippen LogP contribution in [0, 0.1) is 13.8 Å². The predicted molar refractivity (Wildman–Crippen MR) is 120 cm³/mol. The summed E-state index contributed by atoms with van der Waals surface area (Å²) in [4.78, 5) is 24.9. The molecule has 2 heterocycles. The van der Waals surface area contributed by atoms with Crippen molar-refractivity contribution in [3.63, 3.8) is 0 Å². The molecule has 0 saturated heterocycles. The Labute approximate surface area is 174 Å². The Morgan fingerprint density at radius 3 is 2.64 bits per heavy atom. The highest BCUT2D eigenvalue weighted by Gasteiger charge is 2.17. The minimum Gasteiger partial charge on any atom is -0.496 e. The third-order valence-corrected chi connectivity index (χ3v) is 6.79. The molecule has 150 valence electrons. The van der Waals surface area contributed by atoms with Gasteiger partial charge in [-0.1, -0.05) is 31.7 Å². The van der Waals surface area contributed by atoms with Crippen LogP contribution in [0.25, 0.3) is 21.3 Å². The number of thiophene rings is 1. The summed E-state index contributed by atoms with van der Waals surface area (Å²) in [6.07, 6.45) is 0. The van der Waals surface area contributed by atoms with E-state index in [0.717, 1.165) is 57.5 Å². The lowest BCUT2D eigenvalue weighted by molar-refractivity contribution is 0.324. The highest BCUT2D eigenvalue weighted by molar-refractivity contribution is 7.99. The summed E-state index contributed by atoms with van der Waals surface area (Å²) >= 11 is 3.19. The monoisotopic (exact) mass is 417 g/mol. The molecule has 0 spiro atoms. The van der Waals surface area contributed by atoms with Crippen LogP contribution >= 0.6 is 23.1 Å². The molecule has 0 saturated carbocycles. The fourth-order valence-corrected chi connectivity index (χ4v) is 5.33. The van der Waals surface area contributed by atoms with Crippen molar-refractivity contribution in [3.05, 3.63) is 39.0 Å². The molecule has 3 rings (SSSR count). The van der Waals surface area contributed by atoms with Gasteiger partial charge in [0, 0.05) is 22.7 Å². The van der Waals surface area contributed by atoms with E-state index in [2.05, 4.69) is 29.8 Å². The zero-order valence-corrected chi connectivity index (χ0v) is 18.7. The van der Waals surface area contributed by atoms with Crippen LogP contribution in [0.3, 0.4) is 0 Å². The lowest BCUT2D eigenvalue weighted by atomic mass is 10.0. The van der Waals surface area contributed by atoms with Gasteiger partial charge in [0.2, 0.25) is 0 Å². The molecule has 7 heteroatoms. The molecule has 0 atom stereocenters. The van der Waals surface area contributed by atoms with Crippen molar-refractivity contribution in [2.45, 2.75) is 32.9 Å². The van der Waals surface area contributed by atoms with Gasteiger partial charge < -0.3 is 14.6 Å². The van der Waals surface area contributed by atoms with E-state index < -0.39 is 0 Å². The number of benzene rings is 1. The van der Waals surface area contributed by atoms with E-state index in [1.54, 1.807) is 30.2 Å². The van der Waals surface area contributed by atoms with E-state index >= 15 is 0 Å². The number of hydrogen-bond donors (Lipinski definition) is 1. The van der Waals surface area contributed by atoms with Crippen LogP contribution in [0.15, 0.2) is 28.2 Å². The summed E-state index contributed by atoms with van der Waals surface area (Å²) in [6, 6.07) is 6.03. The molecular weight excluding hydrogens is 390 g/mol. The summed E-state index contributed by atoms with van der Waals surface area (Å²) in [5, 5.41) is 1.38. The molecule has 1 N–H and O–H groups in total. The lowest BCUT2D eigenvalue weighted by Gasteiger charge is -2.16. The number of fused-ring (bicyclic) bond motifs is 1. The van der Waals surface area contributed by atoms with Crippen LogP contribution in [0.4, 0.5) is 0 Å². The Bertz CT molecular complexity index is 1020. The number of aromatic amines is 1. The molecule has 0 unspecified atom stereocenters. The van der Waals surface area contributed by atoms with Gasteiger partial charge in [0.05, 0.1) is 12.5 Å². The first-order valence-corrected chi connectivity index (χ1v) is 11.3. The van der Waals surface area contributed by atoms with Gasteiger partial charge in [-0.15, -0.1) is 11.3 Å². The summed E-state index contributed by atoms with van der Waals surface area (Å²) in [7, 11) is 1.67. The van der Waals surface area contributed by atoms with E-state index in [1.807, 2.05) is 26.0 Å². The SMILES string of the molecule is CCN(CC)CCSc1nc2sc(C)c(-c3ccc(OC)c(C)c3)c2c(=O)[nH]1. The van der Waals surface area contributed by atoms with Gasteiger partial charge in [0.25, 0.3) is 5.56 Å². The van der Waals surface area contributed by atoms with Gasteiger partial charge in [-0.25, -0.2) is 4.98 Å². The van der Waals surface area contributed by atoms with Crippen molar-refractivity contribution in [1.82, 2.24) is 14.9 Å². The van der Waals surface area contributed by atoms with Gasteiger partial charge in [-0.2, -0.15) is 0 Å². The highest BCUT2D eigenvalue weighted by atomic mass is 32.2. The molecule has 0 aliphatic heterocycles. The molecule has 28 heavy (non-hydrogen) atoms. The second-order valence-corrected chi connectivity index (χ2v) is 8.93. The summed E-state index contributed by atoms with van der Waals surface area (Å²) in [5.41, 5.74) is 2.98. The predicted octanol–water partition coefficient (Wildman–Crippen LogP) is 4.71. The Balaban J connectivity index is 1.94. The number of hydrogen-bond acceptors (Lipinski definition) is 6. The average Bonchev–Trinajstić information content (AvgIpc) is 3.01. The Kier molecular flexibility index (Phi) is 6.80. The van der Waals surface area contributed by atoms with Crippen LogP contribution < -0.4 is 10.3 Å². The minimum atomic E-state index is -0.0665. The van der Waals surface area contributed by atoms with Crippen LogP contribution in [-0.2, 0) is 0 Å². The van der Waals surface area contributed by atoms with Gasteiger partial charge >= 0.3 is 0 Å². The standard InChI is InChI=1S/C21H27N3O2S2/c1-6-24(7-2)10-11-27-21-22-19(25)18-17(14(4)28-20(18)23-21)15-8-9-16(26-5)13(3)12-15/h8-9,12H,6-7,10-11H2,1-5H3,(H,22,23,25). The van der Waals surface area contributed by atoms with E-state index in [0.29, 0.717) is 10.5 Å². The Morgan fingerprint density at radius 1 is 1.25 bits per heavy atom. The molecular formula is C21H27N3O2S2. The van der Waals surface area contributed by atoms with Crippen LogP contribution in [0.1, 0.15) is 24.3 Å². The van der Waals surface area contributed by atoms with Crippen molar-refractivity contribution >= 4 is 33.3 Å². The number of thioether (sulfide) groups is 1. The maximum Gasteiger partial charge on any atom is 0.260 e. The summed E-state index contributed by atoms with van der Waals surface area (Å²) < 4.78 is 5.36. The van der Waals surface area contributed by atoms with Crippen molar-refractivity contribution < 1.29 is 4.74 Å². The average molecular weight is 418 g/mol. The smallest absolute Gasteiger partial charge is 0.260 e. The number of H-pyrrole nitrogens is 1. The van der Waals surface area contributed by atoms with Crippen LogP contribution in [0.2, 0.25) is 0 Å². The molecule has 0 radical (unpaired) electrons. The quantitative estimate of drug-likeness (QED) is 0.425. The van der Waals surface area contributed by atoms with Crippen molar-refractivity contribution in [3.8, 4) is 16.9 Å². The number of aromatic nitrogens is 2. The second-order valence-electron chi connectivity index (χ2n) is 6.64. The number of ether oxygens (including phenoxy) is 1. The van der Waals surface area contributed by atoms with E-state index in [-0.39, 0.29) is 5.56 Å². The fraction of sp³-hybridized carbons (Fsp3) is 0.429. The third-order valence-electron chi connectivity index (χ3n) is 4.94. The zero-order chi connectivity index (χ0) is 20.3. The zero-order valence-electron chi connectivity index (χ0n) is 17.1. The molecule has 0 aliphatic rings. The number of nitrogens with zero attached hydrogens (tertiary/aromatic N) is 2. The first-order chi connectivity index (χ1) is 13.5. The second kappa shape index (κ2) is 9.11. The summed E-state index contributed by atoms with van der Waals surface area (Å²) in [6.45, 7) is 11.4. The fourth-order valence-electron chi connectivity index (χ4n) is 3.36. The molecule has 1 aromatic carbocycles. The van der Waals surface area contributed by atoms with Crippen molar-refractivity contribution in [2.75, 3.05) is 32.5 Å². The van der Waals surface area contributed by atoms with E-state index in [1.165, 1.54) is 0 Å². The normalized spacial score (nSPS) is 11.5. The lowest BCUT2D eigenvalue weighted by Crippen LogP contribution is -2.25. The number of aryl methyl sites for hydroxylation is 2. The van der Waals surface area contributed by atoms with E-state index in [9.17, 15) is 4.79 Å². The van der Waals surface area contributed by atoms with Gasteiger partial charge in [-0.3, -0.25) is 4.79 Å². The van der Waals surface area contributed by atoms with Gasteiger partial charge in [0.15, 0.2) is 5.16 Å². The third kappa shape index (κ3) is 4.26. The van der Waals surface area contributed by atoms with Gasteiger partial charge in [0.1, 0.15) is 10.6 Å². The molecule has 5 nitrogen and oxygen atoms in total. The Morgan fingerprint density at radius 2 is 2.00 bits per heavy atom. The summed E-state index contributed by atoms with van der Waals surface area (Å²) in [5.74, 6) is 1.75. The number of nitrogens with one attached hydrogen (secondary N) is 1. The van der Waals surface area contributed by atoms with Crippen molar-refractivity contribution in [1.29, 1.82) is 0 Å². The molecule has 0 amide bonds. The maximum absolute atomic E-state index is 12.9. The molecule has 3 aromatic rings. The van der Waals surface area contributed by atoms with Crippen LogP contribution in [0.5, 0.6) is 5.75 Å². The molecule has 0 aliphatic carbocycles. The first-order valence-electron chi connectivity index (χ1n) is 9.52. The number of methoxy groups -OCH3 is 1. The Hall–Kier alpha value is -1.83. The minimum absolute atomic E-state index is 0.0665. The highest BCUT2D eigenvalue weighted by Crippen LogP contribution is 2.37. The van der Waals surface area contributed by atoms with Crippen LogP contribution in [-0.4, -0.2) is 47.4 Å². The van der Waals surface area contributed by atoms with Crippen molar-refractivity contribution in [2.24, 2.45) is 0 Å². The van der Waals surface area contributed by atoms with Gasteiger partial charge in [-0.05, 0) is 50.2 Å². The topological polar surface area (TPSA) is 58.2 Å². The van der Waals surface area contributed by atoms with E-state index in [4.69, 9.17) is 9.72 Å². The molecule has 0 bridgehead atoms. The maximum atomic E-state index is 12.9. The largest absolute Gasteiger partial charge is 0.496 e. The molecule has 0 fully saturated rings. The number of rotatable bonds is 8. The molecule has 2 aromatic heterocycles.